The molecule has 0 saturated heterocycles. The quantitative estimate of drug-likeness (QED) is 0.134. The highest BCUT2D eigenvalue weighted by atomic mass is 16.5. The van der Waals surface area contributed by atoms with E-state index in [1.165, 1.54) is 44.9 Å². The second kappa shape index (κ2) is 20.4. The Hall–Kier alpha value is -1.32. The highest BCUT2D eigenvalue weighted by Gasteiger charge is 2.11. The minimum Gasteiger partial charge on any atom is -0.481 e. The van der Waals surface area contributed by atoms with E-state index < -0.39 is 5.97 Å². The fourth-order valence-corrected chi connectivity index (χ4v) is 3.21. The SMILES string of the molecule is CCCCCCC/C=C\C(CCCCCCC(=O)O)OC(=O)CCCCCC. The molecule has 0 fully saturated rings. The molecule has 28 heavy (non-hydrogen) atoms. The van der Waals surface area contributed by atoms with Crippen molar-refractivity contribution in [2.45, 2.75) is 129 Å². The van der Waals surface area contributed by atoms with Crippen LogP contribution < -0.4 is 0 Å². The van der Waals surface area contributed by atoms with Crippen LogP contribution in [0.25, 0.3) is 0 Å². The van der Waals surface area contributed by atoms with E-state index in [9.17, 15) is 9.59 Å². The fourth-order valence-electron chi connectivity index (χ4n) is 3.21. The molecule has 0 aromatic carbocycles. The molecule has 0 aromatic rings. The van der Waals surface area contributed by atoms with Gasteiger partial charge in [0.15, 0.2) is 0 Å². The molecule has 0 spiro atoms. The van der Waals surface area contributed by atoms with E-state index in [1.54, 1.807) is 0 Å². The average Bonchev–Trinajstić information content (AvgIpc) is 2.66. The van der Waals surface area contributed by atoms with Gasteiger partial charge >= 0.3 is 11.9 Å². The Morgan fingerprint density at radius 2 is 1.36 bits per heavy atom. The molecule has 1 atom stereocenters. The van der Waals surface area contributed by atoms with Crippen LogP contribution in [0.3, 0.4) is 0 Å². The number of carboxylic acid groups (broad SMARTS) is 1. The normalized spacial score (nSPS) is 12.4. The van der Waals surface area contributed by atoms with Gasteiger partial charge in [-0.25, -0.2) is 0 Å². The molecule has 0 aliphatic heterocycles. The highest BCUT2D eigenvalue weighted by molar-refractivity contribution is 5.69. The minimum atomic E-state index is -0.725. The van der Waals surface area contributed by atoms with Gasteiger partial charge in [-0.05, 0) is 44.6 Å². The molecule has 4 heteroatoms. The van der Waals surface area contributed by atoms with Gasteiger partial charge in [-0.2, -0.15) is 0 Å². The van der Waals surface area contributed by atoms with Crippen molar-refractivity contribution >= 4 is 11.9 Å². The van der Waals surface area contributed by atoms with E-state index in [0.717, 1.165) is 51.4 Å². The van der Waals surface area contributed by atoms with Crippen LogP contribution in [0.15, 0.2) is 12.2 Å². The first-order valence-electron chi connectivity index (χ1n) is 11.7. The number of carbonyl (C=O) groups excluding carboxylic acids is 1. The monoisotopic (exact) mass is 396 g/mol. The average molecular weight is 397 g/mol. The zero-order valence-corrected chi connectivity index (χ0v) is 18.4. The summed E-state index contributed by atoms with van der Waals surface area (Å²) in [4.78, 5) is 22.7. The van der Waals surface area contributed by atoms with Crippen LogP contribution in [0, 0.1) is 0 Å². The number of esters is 1. The van der Waals surface area contributed by atoms with Crippen molar-refractivity contribution in [3.05, 3.63) is 12.2 Å². The summed E-state index contributed by atoms with van der Waals surface area (Å²) in [5.41, 5.74) is 0. The topological polar surface area (TPSA) is 63.6 Å². The maximum absolute atomic E-state index is 12.1. The van der Waals surface area contributed by atoms with E-state index in [1.807, 2.05) is 0 Å². The van der Waals surface area contributed by atoms with E-state index in [4.69, 9.17) is 9.84 Å². The van der Waals surface area contributed by atoms with Gasteiger partial charge in [0.05, 0.1) is 0 Å². The van der Waals surface area contributed by atoms with Gasteiger partial charge in [0, 0.05) is 12.8 Å². The predicted octanol–water partition coefficient (Wildman–Crippen LogP) is 7.21. The number of aliphatic carboxylic acids is 1. The van der Waals surface area contributed by atoms with Crippen LogP contribution in [-0.2, 0) is 14.3 Å². The van der Waals surface area contributed by atoms with Crippen LogP contribution in [0.2, 0.25) is 0 Å². The molecule has 0 aromatic heterocycles. The van der Waals surface area contributed by atoms with Gasteiger partial charge < -0.3 is 9.84 Å². The number of allylic oxidation sites excluding steroid dienone is 1. The van der Waals surface area contributed by atoms with Crippen molar-refractivity contribution in [3.63, 3.8) is 0 Å². The Balaban J connectivity index is 4.17. The summed E-state index contributed by atoms with van der Waals surface area (Å²) in [6.45, 7) is 4.39. The van der Waals surface area contributed by atoms with Crippen molar-refractivity contribution in [3.8, 4) is 0 Å². The lowest BCUT2D eigenvalue weighted by molar-refractivity contribution is -0.147. The summed E-state index contributed by atoms with van der Waals surface area (Å²) in [6, 6.07) is 0. The van der Waals surface area contributed by atoms with E-state index in [2.05, 4.69) is 26.0 Å². The Bertz CT molecular complexity index is 403. The lowest BCUT2D eigenvalue weighted by atomic mass is 10.1. The fraction of sp³-hybridized carbons (Fsp3) is 0.833. The Kier molecular flexibility index (Phi) is 19.5. The predicted molar refractivity (Wildman–Crippen MR) is 116 cm³/mol. The molecule has 0 rings (SSSR count). The van der Waals surface area contributed by atoms with Crippen molar-refractivity contribution in [2.75, 3.05) is 0 Å². The third-order valence-electron chi connectivity index (χ3n) is 4.97. The summed E-state index contributed by atoms with van der Waals surface area (Å²) >= 11 is 0. The van der Waals surface area contributed by atoms with Gasteiger partial charge in [-0.3, -0.25) is 9.59 Å². The smallest absolute Gasteiger partial charge is 0.306 e. The van der Waals surface area contributed by atoms with Gasteiger partial charge in [0.25, 0.3) is 0 Å². The third-order valence-corrected chi connectivity index (χ3v) is 4.97. The van der Waals surface area contributed by atoms with E-state index >= 15 is 0 Å². The van der Waals surface area contributed by atoms with Crippen molar-refractivity contribution in [2.24, 2.45) is 0 Å². The summed E-state index contributed by atoms with van der Waals surface area (Å²) in [5, 5.41) is 8.68. The van der Waals surface area contributed by atoms with Crippen LogP contribution in [0.4, 0.5) is 0 Å². The molecule has 0 aliphatic rings. The zero-order chi connectivity index (χ0) is 20.9. The van der Waals surface area contributed by atoms with E-state index in [0.29, 0.717) is 6.42 Å². The number of rotatable bonds is 20. The summed E-state index contributed by atoms with van der Waals surface area (Å²) in [5.74, 6) is -0.809. The number of hydrogen-bond donors (Lipinski definition) is 1. The largest absolute Gasteiger partial charge is 0.481 e. The number of carboxylic acids is 1. The standard InChI is InChI=1S/C24H44O4/c1-3-5-7-9-10-11-14-18-22(19-15-12-13-16-20-23(25)26)28-24(27)21-17-8-6-4-2/h14,18,22H,3-13,15-17,19-21H2,1-2H3,(H,25,26)/b18-14-. The molecule has 164 valence electrons. The molecule has 0 saturated carbocycles. The van der Waals surface area contributed by atoms with Crippen LogP contribution in [-0.4, -0.2) is 23.1 Å². The van der Waals surface area contributed by atoms with Gasteiger partial charge in [0.1, 0.15) is 6.10 Å². The maximum Gasteiger partial charge on any atom is 0.306 e. The number of ether oxygens (including phenoxy) is 1. The van der Waals surface area contributed by atoms with Crippen molar-refractivity contribution < 1.29 is 19.4 Å². The molecule has 0 amide bonds. The van der Waals surface area contributed by atoms with Crippen LogP contribution in [0.1, 0.15) is 123 Å². The second-order valence-corrected chi connectivity index (χ2v) is 7.82. The lowest BCUT2D eigenvalue weighted by Crippen LogP contribution is -2.16. The van der Waals surface area contributed by atoms with Gasteiger partial charge in [0.2, 0.25) is 0 Å². The second-order valence-electron chi connectivity index (χ2n) is 7.82. The van der Waals surface area contributed by atoms with E-state index in [-0.39, 0.29) is 18.5 Å². The molecular formula is C24H44O4. The molecule has 0 bridgehead atoms. The van der Waals surface area contributed by atoms with Crippen LogP contribution >= 0.6 is 0 Å². The molecule has 0 aliphatic carbocycles. The molecule has 0 heterocycles. The number of unbranched alkanes of at least 4 members (excludes halogenated alkanes) is 11. The van der Waals surface area contributed by atoms with Crippen LogP contribution in [0.5, 0.6) is 0 Å². The lowest BCUT2D eigenvalue weighted by Gasteiger charge is -2.14. The molecule has 0 radical (unpaired) electrons. The highest BCUT2D eigenvalue weighted by Crippen LogP contribution is 2.14. The van der Waals surface area contributed by atoms with Crippen molar-refractivity contribution in [1.82, 2.24) is 0 Å². The first-order valence-corrected chi connectivity index (χ1v) is 11.7. The molecule has 1 unspecified atom stereocenters. The summed E-state index contributed by atoms with van der Waals surface area (Å²) in [6.07, 6.45) is 21.0. The Morgan fingerprint density at radius 3 is 2.04 bits per heavy atom. The van der Waals surface area contributed by atoms with Gasteiger partial charge in [-0.1, -0.05) is 77.7 Å². The maximum atomic E-state index is 12.1. The first kappa shape index (κ1) is 26.7. The zero-order valence-electron chi connectivity index (χ0n) is 18.4. The van der Waals surface area contributed by atoms with Gasteiger partial charge in [-0.15, -0.1) is 0 Å². The molecular weight excluding hydrogens is 352 g/mol. The molecule has 1 N–H and O–H groups in total. The van der Waals surface area contributed by atoms with Crippen molar-refractivity contribution in [1.29, 1.82) is 0 Å². The minimum absolute atomic E-state index is 0.0837. The first-order chi connectivity index (χ1) is 13.6. The third kappa shape index (κ3) is 19.4. The summed E-state index contributed by atoms with van der Waals surface area (Å²) < 4.78 is 5.70. The Morgan fingerprint density at radius 1 is 0.786 bits per heavy atom. The Labute approximate surface area is 173 Å². The number of hydrogen-bond acceptors (Lipinski definition) is 3. The molecule has 4 nitrogen and oxygen atoms in total. The number of carbonyl (C=O) groups is 2. The summed E-state index contributed by atoms with van der Waals surface area (Å²) in [7, 11) is 0.